The van der Waals surface area contributed by atoms with Crippen LogP contribution in [-0.4, -0.2) is 53.2 Å². The molecule has 0 saturated carbocycles. The van der Waals surface area contributed by atoms with E-state index in [9.17, 15) is 0 Å². The van der Waals surface area contributed by atoms with Crippen molar-refractivity contribution in [3.63, 3.8) is 0 Å². The van der Waals surface area contributed by atoms with E-state index in [2.05, 4.69) is 48.9 Å². The van der Waals surface area contributed by atoms with Gasteiger partial charge in [0, 0.05) is 45.1 Å². The predicted octanol–water partition coefficient (Wildman–Crippen LogP) is 2.41. The summed E-state index contributed by atoms with van der Waals surface area (Å²) < 4.78 is 0. The standard InChI is InChI=1S/C16H22ClN7/c1-11(2)12-4-5-19-16(22-12)24-8-6-23(7-9-24)15-13(18-3)14(17)20-10-21-15/h4-5,10-11,18H,6-9H2,1-3H3. The van der Waals surface area contributed by atoms with Gasteiger partial charge in [-0.1, -0.05) is 25.4 Å². The third kappa shape index (κ3) is 3.36. The van der Waals surface area contributed by atoms with E-state index in [1.54, 1.807) is 0 Å². The molecule has 0 aliphatic carbocycles. The highest BCUT2D eigenvalue weighted by Gasteiger charge is 2.23. The van der Waals surface area contributed by atoms with Crippen LogP contribution in [0.5, 0.6) is 0 Å². The van der Waals surface area contributed by atoms with Crippen LogP contribution >= 0.6 is 11.6 Å². The number of aromatic nitrogens is 4. The van der Waals surface area contributed by atoms with Crippen molar-refractivity contribution in [3.05, 3.63) is 29.4 Å². The van der Waals surface area contributed by atoms with Gasteiger partial charge in [0.15, 0.2) is 11.0 Å². The summed E-state index contributed by atoms with van der Waals surface area (Å²) in [5.74, 6) is 2.04. The van der Waals surface area contributed by atoms with Crippen molar-refractivity contribution in [1.29, 1.82) is 0 Å². The van der Waals surface area contributed by atoms with Crippen LogP contribution in [0.25, 0.3) is 0 Å². The highest BCUT2D eigenvalue weighted by atomic mass is 35.5. The normalized spacial score (nSPS) is 15.0. The third-order valence-electron chi connectivity index (χ3n) is 4.15. The second-order valence-electron chi connectivity index (χ2n) is 6.02. The quantitative estimate of drug-likeness (QED) is 0.851. The summed E-state index contributed by atoms with van der Waals surface area (Å²) in [5.41, 5.74) is 1.84. The minimum Gasteiger partial charge on any atom is -0.383 e. The van der Waals surface area contributed by atoms with E-state index in [0.717, 1.165) is 49.3 Å². The molecule has 2 aromatic heterocycles. The van der Waals surface area contributed by atoms with Crippen molar-refractivity contribution in [2.45, 2.75) is 19.8 Å². The molecule has 1 saturated heterocycles. The maximum atomic E-state index is 6.15. The fourth-order valence-electron chi connectivity index (χ4n) is 2.76. The maximum absolute atomic E-state index is 6.15. The first-order chi connectivity index (χ1) is 11.6. The number of hydrogen-bond acceptors (Lipinski definition) is 7. The van der Waals surface area contributed by atoms with E-state index < -0.39 is 0 Å². The molecule has 0 atom stereocenters. The van der Waals surface area contributed by atoms with Crippen molar-refractivity contribution in [3.8, 4) is 0 Å². The number of piperazine rings is 1. The predicted molar refractivity (Wildman–Crippen MR) is 97.1 cm³/mol. The van der Waals surface area contributed by atoms with Gasteiger partial charge in [-0.15, -0.1) is 0 Å². The van der Waals surface area contributed by atoms with Crippen molar-refractivity contribution in [1.82, 2.24) is 19.9 Å². The first-order valence-electron chi connectivity index (χ1n) is 8.11. The van der Waals surface area contributed by atoms with Gasteiger partial charge in [0.2, 0.25) is 5.95 Å². The van der Waals surface area contributed by atoms with Crippen LogP contribution in [-0.2, 0) is 0 Å². The van der Waals surface area contributed by atoms with Crippen LogP contribution < -0.4 is 15.1 Å². The molecule has 2 aromatic rings. The lowest BCUT2D eigenvalue weighted by Crippen LogP contribution is -2.47. The lowest BCUT2D eigenvalue weighted by Gasteiger charge is -2.36. The van der Waals surface area contributed by atoms with Gasteiger partial charge >= 0.3 is 0 Å². The van der Waals surface area contributed by atoms with Gasteiger partial charge in [0.05, 0.1) is 0 Å². The molecule has 1 N–H and O–H groups in total. The molecule has 0 spiro atoms. The average Bonchev–Trinajstić information content (AvgIpc) is 2.62. The Kier molecular flexibility index (Phi) is 4.99. The van der Waals surface area contributed by atoms with Gasteiger partial charge in [0.1, 0.15) is 12.0 Å². The largest absolute Gasteiger partial charge is 0.383 e. The van der Waals surface area contributed by atoms with Crippen LogP contribution in [0, 0.1) is 0 Å². The summed E-state index contributed by atoms with van der Waals surface area (Å²) in [7, 11) is 1.83. The summed E-state index contributed by atoms with van der Waals surface area (Å²) in [6.45, 7) is 7.62. The molecule has 0 aromatic carbocycles. The Hall–Kier alpha value is -2.15. The maximum Gasteiger partial charge on any atom is 0.225 e. The smallest absolute Gasteiger partial charge is 0.225 e. The Morgan fingerprint density at radius 1 is 1.08 bits per heavy atom. The zero-order valence-electron chi connectivity index (χ0n) is 14.2. The summed E-state index contributed by atoms with van der Waals surface area (Å²) in [5, 5.41) is 3.53. The lowest BCUT2D eigenvalue weighted by molar-refractivity contribution is 0.631. The fourth-order valence-corrected chi connectivity index (χ4v) is 2.99. The molecular formula is C16H22ClN7. The van der Waals surface area contributed by atoms with Crippen molar-refractivity contribution in [2.24, 2.45) is 0 Å². The molecule has 1 fully saturated rings. The molecule has 3 heterocycles. The van der Waals surface area contributed by atoms with E-state index in [1.165, 1.54) is 6.33 Å². The minimum atomic E-state index is 0.398. The molecule has 3 rings (SSSR count). The number of hydrogen-bond donors (Lipinski definition) is 1. The van der Waals surface area contributed by atoms with Crippen LogP contribution in [0.1, 0.15) is 25.5 Å². The summed E-state index contributed by atoms with van der Waals surface area (Å²) in [4.78, 5) is 21.9. The number of nitrogens with one attached hydrogen (secondary N) is 1. The Morgan fingerprint density at radius 2 is 1.79 bits per heavy atom. The Labute approximate surface area is 147 Å². The highest BCUT2D eigenvalue weighted by Crippen LogP contribution is 2.29. The molecule has 1 aliphatic rings. The SMILES string of the molecule is CNc1c(Cl)ncnc1N1CCN(c2nccc(C(C)C)n2)CC1. The van der Waals surface area contributed by atoms with Crippen LogP contribution in [0.3, 0.4) is 0 Å². The topological polar surface area (TPSA) is 70.1 Å². The van der Waals surface area contributed by atoms with Gasteiger partial charge in [-0.05, 0) is 12.0 Å². The van der Waals surface area contributed by atoms with E-state index in [4.69, 9.17) is 11.6 Å². The average molecular weight is 348 g/mol. The second-order valence-corrected chi connectivity index (χ2v) is 6.38. The summed E-state index contributed by atoms with van der Waals surface area (Å²) in [6.07, 6.45) is 3.34. The van der Waals surface area contributed by atoms with Crippen molar-refractivity contribution >= 4 is 29.1 Å². The zero-order valence-corrected chi connectivity index (χ0v) is 15.0. The van der Waals surface area contributed by atoms with E-state index in [1.807, 2.05) is 19.3 Å². The van der Waals surface area contributed by atoms with E-state index in [-0.39, 0.29) is 0 Å². The summed E-state index contributed by atoms with van der Waals surface area (Å²) >= 11 is 6.15. The third-order valence-corrected chi connectivity index (χ3v) is 4.44. The first kappa shape index (κ1) is 16.7. The van der Waals surface area contributed by atoms with Crippen LogP contribution in [0.2, 0.25) is 5.15 Å². The molecule has 8 heteroatoms. The number of rotatable bonds is 4. The minimum absolute atomic E-state index is 0.398. The molecule has 128 valence electrons. The molecule has 0 bridgehead atoms. The van der Waals surface area contributed by atoms with Gasteiger partial charge in [-0.25, -0.2) is 19.9 Å². The van der Waals surface area contributed by atoms with Gasteiger partial charge in [-0.3, -0.25) is 0 Å². The molecular weight excluding hydrogens is 326 g/mol. The Morgan fingerprint density at radius 3 is 2.46 bits per heavy atom. The van der Waals surface area contributed by atoms with E-state index in [0.29, 0.717) is 11.1 Å². The molecule has 0 unspecified atom stereocenters. The van der Waals surface area contributed by atoms with Crippen LogP contribution in [0.15, 0.2) is 18.6 Å². The number of nitrogens with zero attached hydrogens (tertiary/aromatic N) is 6. The fraction of sp³-hybridized carbons (Fsp3) is 0.500. The van der Waals surface area contributed by atoms with Gasteiger partial charge in [0.25, 0.3) is 0 Å². The number of halogens is 1. The van der Waals surface area contributed by atoms with Gasteiger partial charge < -0.3 is 15.1 Å². The van der Waals surface area contributed by atoms with Crippen molar-refractivity contribution < 1.29 is 0 Å². The Balaban J connectivity index is 1.72. The molecule has 24 heavy (non-hydrogen) atoms. The lowest BCUT2D eigenvalue weighted by atomic mass is 10.1. The second kappa shape index (κ2) is 7.17. The molecule has 0 amide bonds. The number of anilines is 3. The van der Waals surface area contributed by atoms with Crippen LogP contribution in [0.4, 0.5) is 17.5 Å². The molecule has 0 radical (unpaired) electrons. The molecule has 1 aliphatic heterocycles. The summed E-state index contributed by atoms with van der Waals surface area (Å²) in [6, 6.07) is 1.98. The highest BCUT2D eigenvalue weighted by molar-refractivity contribution is 6.32. The molecule has 7 nitrogen and oxygen atoms in total. The van der Waals surface area contributed by atoms with Gasteiger partial charge in [-0.2, -0.15) is 0 Å². The monoisotopic (exact) mass is 347 g/mol. The van der Waals surface area contributed by atoms with Crippen molar-refractivity contribution in [2.75, 3.05) is 48.3 Å². The van der Waals surface area contributed by atoms with E-state index >= 15 is 0 Å². The zero-order chi connectivity index (χ0) is 17.1. The Bertz CT molecular complexity index is 699. The first-order valence-corrected chi connectivity index (χ1v) is 8.49.